The van der Waals surface area contributed by atoms with E-state index in [1.807, 2.05) is 0 Å². The molecule has 1 aromatic carbocycles. The van der Waals surface area contributed by atoms with Crippen LogP contribution in [-0.2, 0) is 0 Å². The van der Waals surface area contributed by atoms with Gasteiger partial charge >= 0.3 is 0 Å². The average molecular weight is 234 g/mol. The van der Waals surface area contributed by atoms with Gasteiger partial charge in [-0.3, -0.25) is 0 Å². The molecule has 0 fully saturated rings. The van der Waals surface area contributed by atoms with Crippen molar-refractivity contribution >= 4 is 0 Å². The van der Waals surface area contributed by atoms with Gasteiger partial charge < -0.3 is 12.4 Å². The van der Waals surface area contributed by atoms with Gasteiger partial charge in [0.05, 0.1) is 0 Å². The van der Waals surface area contributed by atoms with Crippen LogP contribution in [0.15, 0.2) is 54.9 Å². The third-order valence-corrected chi connectivity index (χ3v) is 2.70. The fourth-order valence-corrected chi connectivity index (χ4v) is 1.76. The summed E-state index contributed by atoms with van der Waals surface area (Å²) in [6.07, 6.45) is 4.29. The van der Waals surface area contributed by atoms with Crippen LogP contribution in [0.25, 0.3) is 0 Å². The molecule has 1 heterocycles. The van der Waals surface area contributed by atoms with Crippen LogP contribution in [0.3, 0.4) is 0 Å². The number of nitrogens with zero attached hydrogens (tertiary/aromatic N) is 1. The Morgan fingerprint density at radius 2 is 1.69 bits per heavy atom. The molecule has 0 saturated heterocycles. The van der Waals surface area contributed by atoms with Crippen LogP contribution in [0.4, 0.5) is 0 Å². The number of halogens is 1. The molecule has 0 bridgehead atoms. The smallest absolute Gasteiger partial charge is 0.180 e. The third-order valence-electron chi connectivity index (χ3n) is 2.70. The fraction of sp³-hybridized carbons (Fsp3) is 0.214. The van der Waals surface area contributed by atoms with Crippen molar-refractivity contribution in [2.75, 3.05) is 0 Å². The fourth-order valence-electron chi connectivity index (χ4n) is 1.76. The van der Waals surface area contributed by atoms with E-state index in [0.717, 1.165) is 0 Å². The second-order valence-corrected chi connectivity index (χ2v) is 3.92. The lowest BCUT2D eigenvalue weighted by Gasteiger charge is -2.07. The van der Waals surface area contributed by atoms with Gasteiger partial charge in [0, 0.05) is 24.1 Å². The lowest BCUT2D eigenvalue weighted by molar-refractivity contribution is -0.710. The molecular formula is C14H16ClN. The van der Waals surface area contributed by atoms with Gasteiger partial charge in [0.2, 0.25) is 0 Å². The molecule has 16 heavy (non-hydrogen) atoms. The van der Waals surface area contributed by atoms with Crippen LogP contribution in [0.2, 0.25) is 0 Å². The topological polar surface area (TPSA) is 3.88 Å². The molecule has 2 rings (SSSR count). The van der Waals surface area contributed by atoms with Crippen molar-refractivity contribution in [3.8, 4) is 0 Å². The van der Waals surface area contributed by atoms with E-state index >= 15 is 0 Å². The number of pyridine rings is 1. The van der Waals surface area contributed by atoms with Gasteiger partial charge in [-0.2, -0.15) is 4.57 Å². The molecule has 1 nitrogen and oxygen atoms in total. The molecule has 0 spiro atoms. The van der Waals surface area contributed by atoms with E-state index in [2.05, 4.69) is 73.3 Å². The molecule has 0 aliphatic heterocycles. The zero-order valence-electron chi connectivity index (χ0n) is 9.60. The maximum absolute atomic E-state index is 2.24. The Morgan fingerprint density at radius 1 is 1.00 bits per heavy atom. The summed E-state index contributed by atoms with van der Waals surface area (Å²) in [5, 5.41) is 0. The first-order valence-electron chi connectivity index (χ1n) is 5.30. The largest absolute Gasteiger partial charge is 1.00 e. The summed E-state index contributed by atoms with van der Waals surface area (Å²) < 4.78 is 2.24. The summed E-state index contributed by atoms with van der Waals surface area (Å²) in [7, 11) is 0. The molecule has 0 aliphatic carbocycles. The van der Waals surface area contributed by atoms with Gasteiger partial charge in [-0.15, -0.1) is 0 Å². The van der Waals surface area contributed by atoms with Crippen molar-refractivity contribution in [3.63, 3.8) is 0 Å². The first kappa shape index (κ1) is 12.7. The molecule has 0 radical (unpaired) electrons. The number of benzene rings is 1. The highest BCUT2D eigenvalue weighted by Crippen LogP contribution is 2.10. The number of rotatable bonds is 2. The van der Waals surface area contributed by atoms with Gasteiger partial charge in [0.15, 0.2) is 18.4 Å². The van der Waals surface area contributed by atoms with Crippen LogP contribution in [0.1, 0.15) is 24.1 Å². The number of aromatic nitrogens is 1. The van der Waals surface area contributed by atoms with E-state index < -0.39 is 0 Å². The quantitative estimate of drug-likeness (QED) is 0.638. The van der Waals surface area contributed by atoms with E-state index in [1.165, 1.54) is 11.1 Å². The molecule has 1 atom stereocenters. The Kier molecular flexibility index (Phi) is 4.51. The first-order valence-corrected chi connectivity index (χ1v) is 5.30. The maximum Gasteiger partial charge on any atom is 0.180 e. The third kappa shape index (κ3) is 2.83. The van der Waals surface area contributed by atoms with E-state index in [4.69, 9.17) is 0 Å². The predicted molar refractivity (Wildman–Crippen MR) is 61.6 cm³/mol. The minimum atomic E-state index is 0. The van der Waals surface area contributed by atoms with Crippen molar-refractivity contribution in [2.45, 2.75) is 19.9 Å². The summed E-state index contributed by atoms with van der Waals surface area (Å²) in [5.41, 5.74) is 2.63. The highest BCUT2D eigenvalue weighted by molar-refractivity contribution is 5.16. The molecule has 0 N–H and O–H groups in total. The van der Waals surface area contributed by atoms with Gasteiger partial charge in [0.25, 0.3) is 0 Å². The Bertz CT molecular complexity index is 439. The molecule has 0 saturated carbocycles. The average Bonchev–Trinajstić information content (AvgIpc) is 2.29. The van der Waals surface area contributed by atoms with Gasteiger partial charge in [-0.1, -0.05) is 30.3 Å². The van der Waals surface area contributed by atoms with Gasteiger partial charge in [-0.25, -0.2) is 0 Å². The lowest BCUT2D eigenvalue weighted by Crippen LogP contribution is -3.00. The number of hydrogen-bond donors (Lipinski definition) is 0. The van der Waals surface area contributed by atoms with E-state index in [9.17, 15) is 0 Å². The maximum atomic E-state index is 2.24. The second-order valence-electron chi connectivity index (χ2n) is 3.92. The number of aryl methyl sites for hydroxylation is 1. The monoisotopic (exact) mass is 233 g/mol. The molecule has 1 aromatic heterocycles. The summed E-state index contributed by atoms with van der Waals surface area (Å²) >= 11 is 0. The van der Waals surface area contributed by atoms with Crippen molar-refractivity contribution in [1.82, 2.24) is 0 Å². The van der Waals surface area contributed by atoms with E-state index in [1.54, 1.807) is 0 Å². The first-order chi connectivity index (χ1) is 7.27. The number of hydrogen-bond acceptors (Lipinski definition) is 0. The minimum Gasteiger partial charge on any atom is -1.00 e. The van der Waals surface area contributed by atoms with Crippen LogP contribution >= 0.6 is 0 Å². The summed E-state index contributed by atoms with van der Waals surface area (Å²) in [5.74, 6) is 0. The van der Waals surface area contributed by atoms with Crippen molar-refractivity contribution in [3.05, 3.63) is 66.0 Å². The highest BCUT2D eigenvalue weighted by Gasteiger charge is 2.13. The summed E-state index contributed by atoms with van der Waals surface area (Å²) in [6, 6.07) is 15.2. The van der Waals surface area contributed by atoms with Gasteiger partial charge in [-0.05, 0) is 13.0 Å². The molecule has 2 aromatic rings. The zero-order valence-corrected chi connectivity index (χ0v) is 10.4. The Labute approximate surface area is 103 Å². The lowest BCUT2D eigenvalue weighted by atomic mass is 10.1. The zero-order chi connectivity index (χ0) is 10.7. The van der Waals surface area contributed by atoms with Crippen molar-refractivity contribution < 1.29 is 17.0 Å². The Balaban J connectivity index is 0.00000128. The highest BCUT2D eigenvalue weighted by atomic mass is 35.5. The molecule has 84 valence electrons. The van der Waals surface area contributed by atoms with Crippen molar-refractivity contribution in [2.24, 2.45) is 0 Å². The molecule has 0 unspecified atom stereocenters. The Hall–Kier alpha value is -1.34. The molecule has 0 aliphatic rings. The Morgan fingerprint density at radius 3 is 2.31 bits per heavy atom. The SMILES string of the molecule is Cc1ccc[n+]([C@H](C)c2ccccc2)c1.[Cl-]. The summed E-state index contributed by atoms with van der Waals surface area (Å²) in [4.78, 5) is 0. The molecule has 2 heteroatoms. The van der Waals surface area contributed by atoms with Crippen molar-refractivity contribution in [1.29, 1.82) is 0 Å². The second kappa shape index (κ2) is 5.66. The normalized spacial score (nSPS) is 11.6. The van der Waals surface area contributed by atoms with Crippen LogP contribution in [-0.4, -0.2) is 0 Å². The summed E-state index contributed by atoms with van der Waals surface area (Å²) in [6.45, 7) is 4.34. The van der Waals surface area contributed by atoms with Crippen LogP contribution in [0.5, 0.6) is 0 Å². The standard InChI is InChI=1S/C14H16N.ClH/c1-12-7-6-10-15(11-12)13(2)14-8-4-3-5-9-14;/h3-11,13H,1-2H3;1H/q+1;/p-1/t13-;/m1./s1. The molecule has 0 amide bonds. The van der Waals surface area contributed by atoms with Gasteiger partial charge in [0.1, 0.15) is 0 Å². The van der Waals surface area contributed by atoms with E-state index in [-0.39, 0.29) is 12.4 Å². The molecular weight excluding hydrogens is 218 g/mol. The van der Waals surface area contributed by atoms with Crippen LogP contribution < -0.4 is 17.0 Å². The van der Waals surface area contributed by atoms with E-state index in [0.29, 0.717) is 6.04 Å². The van der Waals surface area contributed by atoms with Crippen LogP contribution in [0, 0.1) is 6.92 Å². The minimum absolute atomic E-state index is 0. The predicted octanol–water partition coefficient (Wildman–Crippen LogP) is -0.104.